The highest BCUT2D eigenvalue weighted by Crippen LogP contribution is 2.38. The smallest absolute Gasteiger partial charge is 0.316 e. The SMILES string of the molecule is CC[C@H]1OC(=O)[C@H](C)C(=O)[C@H](C)[C@@H](O[C@@H]2O[C@H](C)C[C@H](N(C)C)[C@H]2O)[C@](C)(OC)C[C@@H](C)/C(=N\OCCN2CCCCC2)[C@H](C)[C@@H](O)[C@]1(C)O. The third kappa shape index (κ3) is 10.0. The van der Waals surface area contributed by atoms with Crippen LogP contribution in [0.3, 0.4) is 0 Å². The third-order valence-electron chi connectivity index (χ3n) is 11.5. The van der Waals surface area contributed by atoms with Gasteiger partial charge in [0, 0.05) is 37.5 Å². The number of aliphatic hydroxyl groups excluding tert-OH is 2. The Morgan fingerprint density at radius 2 is 1.66 bits per heavy atom. The molecule has 290 valence electrons. The van der Waals surface area contributed by atoms with Crippen LogP contribution in [0.1, 0.15) is 93.9 Å². The number of likely N-dealkylation sites (tertiary alicyclic amines) is 1. The summed E-state index contributed by atoms with van der Waals surface area (Å²) in [5, 5.41) is 39.5. The van der Waals surface area contributed by atoms with E-state index in [1.165, 1.54) is 27.4 Å². The van der Waals surface area contributed by atoms with Gasteiger partial charge in [-0.25, -0.2) is 0 Å². The quantitative estimate of drug-likeness (QED) is 0.139. The first kappa shape index (κ1) is 42.7. The van der Waals surface area contributed by atoms with Crippen LogP contribution >= 0.6 is 0 Å². The van der Waals surface area contributed by atoms with Gasteiger partial charge in [0.15, 0.2) is 12.1 Å². The Labute approximate surface area is 300 Å². The molecule has 50 heavy (non-hydrogen) atoms. The van der Waals surface area contributed by atoms with Crippen molar-refractivity contribution >= 4 is 17.5 Å². The fourth-order valence-electron chi connectivity index (χ4n) is 8.09. The summed E-state index contributed by atoms with van der Waals surface area (Å²) in [5.41, 5.74) is -2.58. The topological polar surface area (TPSA) is 160 Å². The molecule has 0 unspecified atom stereocenters. The molecule has 0 aromatic carbocycles. The van der Waals surface area contributed by atoms with Gasteiger partial charge >= 0.3 is 5.97 Å². The molecular formula is C37H67N3O10. The highest BCUT2D eigenvalue weighted by atomic mass is 16.7. The van der Waals surface area contributed by atoms with E-state index in [-0.39, 0.29) is 25.0 Å². The van der Waals surface area contributed by atoms with E-state index in [0.717, 1.165) is 25.9 Å². The predicted octanol–water partition coefficient (Wildman–Crippen LogP) is 3.01. The molecule has 0 amide bonds. The molecule has 0 spiro atoms. The Hall–Kier alpha value is -1.71. The van der Waals surface area contributed by atoms with Gasteiger partial charge in [-0.15, -0.1) is 0 Å². The molecule has 0 aromatic rings. The van der Waals surface area contributed by atoms with Gasteiger partial charge in [0.05, 0.1) is 29.6 Å². The number of rotatable bonds is 9. The number of aliphatic hydroxyl groups is 3. The number of Topliss-reactive ketones (excluding diaryl/α,β-unsaturated/α-hetero) is 1. The van der Waals surface area contributed by atoms with Crippen molar-refractivity contribution in [2.45, 2.75) is 148 Å². The lowest BCUT2D eigenvalue weighted by Gasteiger charge is -2.47. The van der Waals surface area contributed by atoms with Gasteiger partial charge in [0.25, 0.3) is 0 Å². The first-order chi connectivity index (χ1) is 23.4. The highest BCUT2D eigenvalue weighted by molar-refractivity contribution is 6.00. The summed E-state index contributed by atoms with van der Waals surface area (Å²) in [7, 11) is 5.30. The zero-order chi connectivity index (χ0) is 37.6. The minimum atomic E-state index is -1.87. The first-order valence-corrected chi connectivity index (χ1v) is 18.7. The first-order valence-electron chi connectivity index (χ1n) is 18.7. The number of likely N-dealkylation sites (N-methyl/N-ethyl adjacent to an activating group) is 1. The minimum absolute atomic E-state index is 0.197. The average molecular weight is 714 g/mol. The van der Waals surface area contributed by atoms with E-state index in [9.17, 15) is 24.9 Å². The van der Waals surface area contributed by atoms with Crippen molar-refractivity contribution in [3.8, 4) is 0 Å². The summed E-state index contributed by atoms with van der Waals surface area (Å²) in [6.45, 7) is 16.9. The van der Waals surface area contributed by atoms with Gasteiger partial charge in [-0.1, -0.05) is 39.3 Å². The lowest BCUT2D eigenvalue weighted by atomic mass is 9.74. The van der Waals surface area contributed by atoms with E-state index in [1.807, 2.05) is 39.8 Å². The number of carbonyl (C=O) groups is 2. The van der Waals surface area contributed by atoms with E-state index in [0.29, 0.717) is 25.3 Å². The molecule has 3 aliphatic heterocycles. The summed E-state index contributed by atoms with van der Waals surface area (Å²) >= 11 is 0. The Morgan fingerprint density at radius 3 is 2.24 bits per heavy atom. The van der Waals surface area contributed by atoms with Crippen LogP contribution < -0.4 is 0 Å². The highest BCUT2D eigenvalue weighted by Gasteiger charge is 2.51. The van der Waals surface area contributed by atoms with Gasteiger partial charge in [-0.3, -0.25) is 14.5 Å². The fraction of sp³-hybridized carbons (Fsp3) is 0.919. The maximum Gasteiger partial charge on any atom is 0.316 e. The number of piperidine rings is 1. The molecule has 0 bridgehead atoms. The number of hydrogen-bond donors (Lipinski definition) is 3. The van der Waals surface area contributed by atoms with Crippen molar-refractivity contribution in [1.82, 2.24) is 9.80 Å². The van der Waals surface area contributed by atoms with E-state index in [1.54, 1.807) is 20.8 Å². The number of ether oxygens (including phenoxy) is 4. The number of methoxy groups -OCH3 is 1. The van der Waals surface area contributed by atoms with E-state index in [4.69, 9.17) is 23.8 Å². The van der Waals surface area contributed by atoms with Crippen LogP contribution in [0.4, 0.5) is 0 Å². The van der Waals surface area contributed by atoms with Crippen LogP contribution in [-0.4, -0.2) is 144 Å². The van der Waals surface area contributed by atoms with Crippen molar-refractivity contribution in [3.63, 3.8) is 0 Å². The molecule has 0 saturated carbocycles. The van der Waals surface area contributed by atoms with Gasteiger partial charge in [-0.05, 0) is 87.0 Å². The van der Waals surface area contributed by atoms with Crippen molar-refractivity contribution in [2.75, 3.05) is 47.4 Å². The van der Waals surface area contributed by atoms with Crippen molar-refractivity contribution in [3.05, 3.63) is 0 Å². The van der Waals surface area contributed by atoms with Gasteiger partial charge < -0.3 is 44.0 Å². The maximum absolute atomic E-state index is 14.1. The van der Waals surface area contributed by atoms with Crippen molar-refractivity contribution < 1.29 is 48.7 Å². The zero-order valence-electron chi connectivity index (χ0n) is 32.5. The van der Waals surface area contributed by atoms with Crippen LogP contribution in [0.2, 0.25) is 0 Å². The predicted molar refractivity (Wildman–Crippen MR) is 189 cm³/mol. The molecule has 13 nitrogen and oxygen atoms in total. The molecule has 0 radical (unpaired) electrons. The third-order valence-corrected chi connectivity index (χ3v) is 11.5. The summed E-state index contributed by atoms with van der Waals surface area (Å²) in [6.07, 6.45) is -1.25. The molecule has 3 rings (SSSR count). The summed E-state index contributed by atoms with van der Waals surface area (Å²) in [6, 6.07) is -0.253. The Morgan fingerprint density at radius 1 is 1.02 bits per heavy atom. The second-order valence-corrected chi connectivity index (χ2v) is 15.7. The van der Waals surface area contributed by atoms with Crippen LogP contribution in [0.5, 0.6) is 0 Å². The van der Waals surface area contributed by atoms with Crippen molar-refractivity contribution in [1.29, 1.82) is 0 Å². The molecule has 13 atom stereocenters. The molecule has 0 aromatic heterocycles. The number of cyclic esters (lactones) is 1. The number of hydrogen-bond acceptors (Lipinski definition) is 13. The second-order valence-electron chi connectivity index (χ2n) is 15.7. The monoisotopic (exact) mass is 713 g/mol. The molecule has 3 heterocycles. The summed E-state index contributed by atoms with van der Waals surface area (Å²) in [4.78, 5) is 37.8. The molecule has 0 aliphatic carbocycles. The molecule has 13 heteroatoms. The summed E-state index contributed by atoms with van der Waals surface area (Å²) in [5.74, 6) is -4.53. The fourth-order valence-corrected chi connectivity index (χ4v) is 8.09. The number of oxime groups is 1. The van der Waals surface area contributed by atoms with Gasteiger partial charge in [0.2, 0.25) is 0 Å². The van der Waals surface area contributed by atoms with Gasteiger partial charge in [0.1, 0.15) is 30.3 Å². The van der Waals surface area contributed by atoms with Crippen LogP contribution in [0.25, 0.3) is 0 Å². The number of ketones is 1. The Kier molecular flexibility index (Phi) is 15.7. The molecule has 3 fully saturated rings. The zero-order valence-corrected chi connectivity index (χ0v) is 32.5. The van der Waals surface area contributed by atoms with Crippen LogP contribution in [-0.2, 0) is 33.4 Å². The van der Waals surface area contributed by atoms with Crippen molar-refractivity contribution in [2.24, 2.45) is 28.8 Å². The van der Waals surface area contributed by atoms with E-state index in [2.05, 4.69) is 10.1 Å². The number of carbonyl (C=O) groups excluding carboxylic acids is 2. The van der Waals surface area contributed by atoms with E-state index < -0.39 is 77.3 Å². The lowest BCUT2D eigenvalue weighted by molar-refractivity contribution is -0.295. The van der Waals surface area contributed by atoms with Crippen LogP contribution in [0, 0.1) is 23.7 Å². The Bertz CT molecular complexity index is 1130. The average Bonchev–Trinajstić information content (AvgIpc) is 3.08. The van der Waals surface area contributed by atoms with Gasteiger partial charge in [-0.2, -0.15) is 0 Å². The standard InChI is InChI=1S/C37H67N3O10/c1-12-28-37(8,45)32(43)24(4)29(38-47-19-18-40-16-14-13-15-17-40)22(2)21-36(7,46-11)33(25(5)30(41)26(6)34(44)49-28)50-35-31(42)27(39(9)10)20-23(3)48-35/h22-28,31-33,35,42-43,45H,12-21H2,1-11H3/b38-29+/t22-,23-,24+,25+,26-,27+,28-,31-,32-,33-,35+,36-,37-/m1/s1. The minimum Gasteiger partial charge on any atom is -0.459 e. The molecule has 3 aliphatic rings. The number of nitrogens with zero attached hydrogens (tertiary/aromatic N) is 3. The molecule has 3 saturated heterocycles. The number of esters is 1. The normalized spacial score (nSPS) is 42.7. The molecule has 3 N–H and O–H groups in total. The molecular weight excluding hydrogens is 646 g/mol. The maximum atomic E-state index is 14.1. The Balaban J connectivity index is 2.08. The second kappa shape index (κ2) is 18.4. The van der Waals surface area contributed by atoms with Crippen LogP contribution in [0.15, 0.2) is 5.16 Å². The lowest BCUT2D eigenvalue weighted by Crippen LogP contribution is -2.60. The van der Waals surface area contributed by atoms with E-state index >= 15 is 0 Å². The largest absolute Gasteiger partial charge is 0.459 e. The summed E-state index contributed by atoms with van der Waals surface area (Å²) < 4.78 is 24.8.